The molecule has 0 saturated heterocycles. The number of thiocarbonyl (C=S) groups is 1. The average molecular weight is 314 g/mol. The summed E-state index contributed by atoms with van der Waals surface area (Å²) in [5, 5.41) is 1.43. The van der Waals surface area contributed by atoms with Crippen LogP contribution in [0.15, 0.2) is 33.5 Å². The van der Waals surface area contributed by atoms with Gasteiger partial charge in [0.15, 0.2) is 0 Å². The molecule has 3 nitrogen and oxygen atoms in total. The molecule has 0 aliphatic rings. The van der Waals surface area contributed by atoms with Gasteiger partial charge < -0.3 is 9.32 Å². The Kier molecular flexibility index (Phi) is 4.50. The Hall–Kier alpha value is -1.04. The summed E-state index contributed by atoms with van der Waals surface area (Å²) in [5.41, 5.74) is 1.03. The van der Waals surface area contributed by atoms with E-state index in [0.29, 0.717) is 16.4 Å². The predicted octanol–water partition coefficient (Wildman–Crippen LogP) is 3.53. The molecule has 100 valence electrons. The molecule has 0 bridgehead atoms. The summed E-state index contributed by atoms with van der Waals surface area (Å²) in [6, 6.07) is 6.79. The van der Waals surface area contributed by atoms with Crippen LogP contribution in [0.4, 0.5) is 0 Å². The normalized spacial score (nSPS) is 10.7. The number of nitrogens with zero attached hydrogens (tertiary/aromatic N) is 1. The standard InChI is InChI=1S/C13H12ClNO2S2/c1-15(2)13(18)19-7-8-5-12(16)17-11-6-9(14)3-4-10(8)11/h3-6H,7H2,1-2H3. The van der Waals surface area contributed by atoms with Crippen molar-refractivity contribution in [3.63, 3.8) is 0 Å². The molecular weight excluding hydrogens is 302 g/mol. The molecule has 0 N–H and O–H groups in total. The monoisotopic (exact) mass is 313 g/mol. The first-order valence-corrected chi connectivity index (χ1v) is 7.31. The number of halogens is 1. The number of rotatable bonds is 2. The summed E-state index contributed by atoms with van der Waals surface area (Å²) in [6.45, 7) is 0. The highest BCUT2D eigenvalue weighted by Gasteiger charge is 2.08. The molecule has 1 aromatic heterocycles. The van der Waals surface area contributed by atoms with Crippen molar-refractivity contribution in [1.29, 1.82) is 0 Å². The molecule has 19 heavy (non-hydrogen) atoms. The molecular formula is C13H12ClNO2S2. The summed E-state index contributed by atoms with van der Waals surface area (Å²) >= 11 is 12.6. The Balaban J connectivity index is 2.37. The highest BCUT2D eigenvalue weighted by Crippen LogP contribution is 2.24. The fourth-order valence-electron chi connectivity index (χ4n) is 1.59. The largest absolute Gasteiger partial charge is 0.423 e. The topological polar surface area (TPSA) is 33.5 Å². The van der Waals surface area contributed by atoms with Gasteiger partial charge in [0, 0.05) is 42.4 Å². The van der Waals surface area contributed by atoms with Gasteiger partial charge in [-0.3, -0.25) is 0 Å². The lowest BCUT2D eigenvalue weighted by molar-refractivity contribution is 0.560. The van der Waals surface area contributed by atoms with Crippen molar-refractivity contribution in [3.05, 3.63) is 45.3 Å². The average Bonchev–Trinajstić information content (AvgIpc) is 2.34. The van der Waals surface area contributed by atoms with Crippen LogP contribution in [0, 0.1) is 0 Å². The Bertz CT molecular complexity index is 682. The third-order valence-electron chi connectivity index (χ3n) is 2.51. The van der Waals surface area contributed by atoms with Crippen LogP contribution in [-0.4, -0.2) is 23.3 Å². The first-order chi connectivity index (χ1) is 8.97. The second kappa shape index (κ2) is 5.94. The van der Waals surface area contributed by atoms with Crippen LogP contribution in [0.1, 0.15) is 5.56 Å². The minimum absolute atomic E-state index is 0.374. The summed E-state index contributed by atoms with van der Waals surface area (Å²) in [7, 11) is 3.79. The van der Waals surface area contributed by atoms with E-state index in [1.807, 2.05) is 25.1 Å². The van der Waals surface area contributed by atoms with Gasteiger partial charge in [-0.15, -0.1) is 0 Å². The Labute approximate surface area is 125 Å². The SMILES string of the molecule is CN(C)C(=S)SCc1cc(=O)oc2cc(Cl)ccc12. The van der Waals surface area contributed by atoms with E-state index >= 15 is 0 Å². The van der Waals surface area contributed by atoms with Crippen LogP contribution >= 0.6 is 35.6 Å². The molecule has 0 atom stereocenters. The molecule has 2 aromatic rings. The van der Waals surface area contributed by atoms with Crippen molar-refractivity contribution in [3.8, 4) is 0 Å². The van der Waals surface area contributed by atoms with Crippen LogP contribution < -0.4 is 5.63 Å². The second-order valence-corrected chi connectivity index (χ2v) is 6.23. The van der Waals surface area contributed by atoms with Crippen molar-refractivity contribution in [2.75, 3.05) is 14.1 Å². The molecule has 0 radical (unpaired) electrons. The van der Waals surface area contributed by atoms with Gasteiger partial charge >= 0.3 is 5.63 Å². The van der Waals surface area contributed by atoms with E-state index in [1.54, 1.807) is 12.1 Å². The van der Waals surface area contributed by atoms with Crippen molar-refractivity contribution in [2.45, 2.75) is 5.75 Å². The van der Waals surface area contributed by atoms with E-state index in [4.69, 9.17) is 28.2 Å². The fourth-order valence-corrected chi connectivity index (χ4v) is 2.71. The van der Waals surface area contributed by atoms with Crippen molar-refractivity contribution < 1.29 is 4.42 Å². The van der Waals surface area contributed by atoms with Crippen molar-refractivity contribution in [1.82, 2.24) is 4.90 Å². The number of benzene rings is 1. The number of hydrogen-bond acceptors (Lipinski definition) is 4. The maximum atomic E-state index is 11.5. The number of fused-ring (bicyclic) bond motifs is 1. The molecule has 6 heteroatoms. The predicted molar refractivity (Wildman–Crippen MR) is 85.1 cm³/mol. The van der Waals surface area contributed by atoms with Crippen LogP contribution in [-0.2, 0) is 5.75 Å². The van der Waals surface area contributed by atoms with Gasteiger partial charge in [-0.1, -0.05) is 35.6 Å². The fraction of sp³-hybridized carbons (Fsp3) is 0.231. The molecule has 0 aliphatic heterocycles. The van der Waals surface area contributed by atoms with E-state index in [-0.39, 0.29) is 5.63 Å². The van der Waals surface area contributed by atoms with Gasteiger partial charge in [0.2, 0.25) is 0 Å². The van der Waals surface area contributed by atoms with Gasteiger partial charge in [-0.2, -0.15) is 0 Å². The molecule has 0 saturated carbocycles. The van der Waals surface area contributed by atoms with Crippen LogP contribution in [0.5, 0.6) is 0 Å². The zero-order valence-corrected chi connectivity index (χ0v) is 12.9. The Morgan fingerprint density at radius 1 is 1.42 bits per heavy atom. The van der Waals surface area contributed by atoms with E-state index in [9.17, 15) is 4.79 Å². The van der Waals surface area contributed by atoms with E-state index < -0.39 is 0 Å². The quantitative estimate of drug-likeness (QED) is 0.626. The maximum Gasteiger partial charge on any atom is 0.336 e. The maximum absolute atomic E-state index is 11.5. The van der Waals surface area contributed by atoms with Gasteiger partial charge in [0.25, 0.3) is 0 Å². The van der Waals surface area contributed by atoms with Crippen molar-refractivity contribution >= 4 is 50.9 Å². The Morgan fingerprint density at radius 2 is 2.16 bits per heavy atom. The van der Waals surface area contributed by atoms with E-state index in [2.05, 4.69) is 0 Å². The lowest BCUT2D eigenvalue weighted by atomic mass is 10.1. The van der Waals surface area contributed by atoms with E-state index in [1.165, 1.54) is 17.8 Å². The van der Waals surface area contributed by atoms with Gasteiger partial charge in [0.05, 0.1) is 0 Å². The van der Waals surface area contributed by atoms with Gasteiger partial charge in [-0.25, -0.2) is 4.79 Å². The molecule has 1 heterocycles. The van der Waals surface area contributed by atoms with Crippen LogP contribution in [0.2, 0.25) is 5.02 Å². The van der Waals surface area contributed by atoms with Gasteiger partial charge in [0.1, 0.15) is 9.90 Å². The molecule has 0 amide bonds. The summed E-state index contributed by atoms with van der Waals surface area (Å²) < 4.78 is 5.92. The van der Waals surface area contributed by atoms with Crippen molar-refractivity contribution in [2.24, 2.45) is 0 Å². The number of hydrogen-bond donors (Lipinski definition) is 0. The highest BCUT2D eigenvalue weighted by atomic mass is 35.5. The smallest absolute Gasteiger partial charge is 0.336 e. The molecule has 0 spiro atoms. The minimum atomic E-state index is -0.374. The Morgan fingerprint density at radius 3 is 2.84 bits per heavy atom. The highest BCUT2D eigenvalue weighted by molar-refractivity contribution is 8.22. The number of thioether (sulfide) groups is 1. The molecule has 0 aliphatic carbocycles. The molecule has 2 rings (SSSR count). The lowest BCUT2D eigenvalue weighted by Gasteiger charge is -2.13. The molecule has 1 aromatic carbocycles. The third-order valence-corrected chi connectivity index (χ3v) is 4.53. The minimum Gasteiger partial charge on any atom is -0.423 e. The van der Waals surface area contributed by atoms with Crippen LogP contribution in [0.25, 0.3) is 11.0 Å². The summed E-state index contributed by atoms with van der Waals surface area (Å²) in [5.74, 6) is 0.626. The molecule has 0 unspecified atom stereocenters. The first kappa shape index (κ1) is 14.4. The second-order valence-electron chi connectivity index (χ2n) is 4.18. The zero-order valence-electron chi connectivity index (χ0n) is 10.5. The summed E-state index contributed by atoms with van der Waals surface area (Å²) in [4.78, 5) is 13.4. The van der Waals surface area contributed by atoms with Crippen LogP contribution in [0.3, 0.4) is 0 Å². The third kappa shape index (κ3) is 3.49. The van der Waals surface area contributed by atoms with E-state index in [0.717, 1.165) is 15.3 Å². The zero-order chi connectivity index (χ0) is 14.0. The summed E-state index contributed by atoms with van der Waals surface area (Å²) in [6.07, 6.45) is 0. The molecule has 0 fully saturated rings. The first-order valence-electron chi connectivity index (χ1n) is 5.54. The van der Waals surface area contributed by atoms with Gasteiger partial charge in [-0.05, 0) is 17.7 Å². The lowest BCUT2D eigenvalue weighted by Crippen LogP contribution is -2.16.